The summed E-state index contributed by atoms with van der Waals surface area (Å²) in [4.78, 5) is 32.7. The Hall–Kier alpha value is -3.71. The smallest absolute Gasteiger partial charge is 0.282 e. The summed E-state index contributed by atoms with van der Waals surface area (Å²) in [5, 5.41) is 18.5. The average molecular weight is 569 g/mol. The molecule has 0 bridgehead atoms. The molecule has 3 aliphatic rings. The van der Waals surface area contributed by atoms with Crippen molar-refractivity contribution in [1.82, 2.24) is 34.3 Å². The van der Waals surface area contributed by atoms with Crippen LogP contribution in [0.5, 0.6) is 0 Å². The minimum absolute atomic E-state index is 0.0225. The number of likely N-dealkylation sites (tertiary alicyclic amines) is 2. The largest absolute Gasteiger partial charge is 0.394 e. The van der Waals surface area contributed by atoms with E-state index in [0.717, 1.165) is 45.2 Å². The molecule has 1 saturated carbocycles. The van der Waals surface area contributed by atoms with Crippen LogP contribution in [0.2, 0.25) is 0 Å². The lowest BCUT2D eigenvalue weighted by molar-refractivity contribution is -0.130. The summed E-state index contributed by atoms with van der Waals surface area (Å²) < 4.78 is 31.6. The molecule has 2 amide bonds. The quantitative estimate of drug-likeness (QED) is 0.426. The number of aliphatic hydroxyl groups excluding tert-OH is 1. The third-order valence-electron chi connectivity index (χ3n) is 9.02. The third-order valence-corrected chi connectivity index (χ3v) is 9.02. The molecular formula is C28H34F2N8O3. The van der Waals surface area contributed by atoms with E-state index >= 15 is 0 Å². The zero-order valence-corrected chi connectivity index (χ0v) is 22.9. The first-order valence-electron chi connectivity index (χ1n) is 14.0. The molecule has 218 valence electrons. The number of hydrogen-bond acceptors (Lipinski definition) is 7. The fraction of sp³-hybridized carbons (Fsp3) is 0.536. The van der Waals surface area contributed by atoms with Crippen LogP contribution in [-0.4, -0.2) is 90.1 Å². The molecule has 0 spiro atoms. The summed E-state index contributed by atoms with van der Waals surface area (Å²) >= 11 is 0. The number of aliphatic hydroxyl groups is 1. The minimum Gasteiger partial charge on any atom is -0.394 e. The van der Waals surface area contributed by atoms with E-state index in [1.807, 2.05) is 4.90 Å². The number of piperidine rings is 1. The third kappa shape index (κ3) is 4.90. The highest BCUT2D eigenvalue weighted by Crippen LogP contribution is 2.40. The van der Waals surface area contributed by atoms with E-state index in [4.69, 9.17) is 5.73 Å². The van der Waals surface area contributed by atoms with Crippen molar-refractivity contribution in [2.24, 2.45) is 5.73 Å². The van der Waals surface area contributed by atoms with Crippen molar-refractivity contribution in [3.05, 3.63) is 42.1 Å². The Kier molecular flexibility index (Phi) is 7.10. The molecule has 2 aliphatic heterocycles. The molecule has 3 aromatic rings. The normalized spacial score (nSPS) is 19.8. The van der Waals surface area contributed by atoms with Crippen LogP contribution in [0.1, 0.15) is 67.7 Å². The molecule has 13 heteroatoms. The SMILES string of the molecule is CC(=O)N1CCC(N2CC(n3cc(-c4ccc(-c5cnn(C6(CO)CCC6)c5)nc4C(N)=O)c(C(F)F)n3)C2)CC1. The highest BCUT2D eigenvalue weighted by molar-refractivity contribution is 5.98. The second-order valence-corrected chi connectivity index (χ2v) is 11.4. The molecular weight excluding hydrogens is 534 g/mol. The Balaban J connectivity index is 1.23. The van der Waals surface area contributed by atoms with Crippen molar-refractivity contribution in [2.45, 2.75) is 63.1 Å². The van der Waals surface area contributed by atoms with Crippen molar-refractivity contribution < 1.29 is 23.5 Å². The Morgan fingerprint density at radius 2 is 1.85 bits per heavy atom. The molecule has 0 radical (unpaired) electrons. The van der Waals surface area contributed by atoms with Gasteiger partial charge in [-0.15, -0.1) is 0 Å². The second-order valence-electron chi connectivity index (χ2n) is 11.4. The number of carbonyl (C=O) groups excluding carboxylic acids is 2. The van der Waals surface area contributed by atoms with Crippen LogP contribution in [0.25, 0.3) is 22.4 Å². The van der Waals surface area contributed by atoms with Gasteiger partial charge in [0, 0.05) is 68.2 Å². The van der Waals surface area contributed by atoms with Crippen LogP contribution in [0, 0.1) is 0 Å². The lowest BCUT2D eigenvalue weighted by Crippen LogP contribution is -2.56. The maximum absolute atomic E-state index is 14.2. The predicted molar refractivity (Wildman–Crippen MR) is 145 cm³/mol. The van der Waals surface area contributed by atoms with E-state index in [9.17, 15) is 23.5 Å². The van der Waals surface area contributed by atoms with E-state index in [0.29, 0.717) is 30.4 Å². The van der Waals surface area contributed by atoms with Gasteiger partial charge in [0.1, 0.15) is 11.4 Å². The van der Waals surface area contributed by atoms with Gasteiger partial charge in [-0.1, -0.05) is 0 Å². The Labute approximate surface area is 235 Å². The molecule has 2 saturated heterocycles. The summed E-state index contributed by atoms with van der Waals surface area (Å²) in [5.74, 6) is -0.745. The molecule has 3 aromatic heterocycles. The van der Waals surface area contributed by atoms with Crippen LogP contribution >= 0.6 is 0 Å². The number of hydrogen-bond donors (Lipinski definition) is 2. The second kappa shape index (κ2) is 10.6. The molecule has 3 fully saturated rings. The zero-order valence-electron chi connectivity index (χ0n) is 22.9. The van der Waals surface area contributed by atoms with Crippen LogP contribution in [0.4, 0.5) is 8.78 Å². The fourth-order valence-electron chi connectivity index (χ4n) is 6.24. The van der Waals surface area contributed by atoms with Crippen molar-refractivity contribution >= 4 is 11.8 Å². The van der Waals surface area contributed by atoms with Gasteiger partial charge in [-0.25, -0.2) is 13.8 Å². The summed E-state index contributed by atoms with van der Waals surface area (Å²) in [6, 6.07) is 3.51. The van der Waals surface area contributed by atoms with Crippen LogP contribution in [-0.2, 0) is 10.3 Å². The van der Waals surface area contributed by atoms with Crippen molar-refractivity contribution in [1.29, 1.82) is 0 Å². The maximum Gasteiger partial charge on any atom is 0.282 e. The van der Waals surface area contributed by atoms with Gasteiger partial charge < -0.3 is 15.7 Å². The van der Waals surface area contributed by atoms with Gasteiger partial charge >= 0.3 is 0 Å². The van der Waals surface area contributed by atoms with Crippen LogP contribution in [0.15, 0.2) is 30.7 Å². The molecule has 1 aliphatic carbocycles. The molecule has 41 heavy (non-hydrogen) atoms. The molecule has 11 nitrogen and oxygen atoms in total. The first-order chi connectivity index (χ1) is 19.7. The number of alkyl halides is 2. The summed E-state index contributed by atoms with van der Waals surface area (Å²) in [6.45, 7) is 4.36. The maximum atomic E-state index is 14.2. The Morgan fingerprint density at radius 1 is 1.12 bits per heavy atom. The number of nitrogens with two attached hydrogens (primary N) is 1. The Bertz CT molecular complexity index is 1450. The molecule has 3 N–H and O–H groups in total. The first kappa shape index (κ1) is 27.5. The van der Waals surface area contributed by atoms with E-state index in [-0.39, 0.29) is 35.4 Å². The number of halogens is 2. The number of primary amides is 1. The van der Waals surface area contributed by atoms with Gasteiger partial charge in [0.05, 0.1) is 30.1 Å². The average Bonchev–Trinajstić information content (AvgIpc) is 3.56. The Morgan fingerprint density at radius 3 is 2.44 bits per heavy atom. The number of amides is 2. The van der Waals surface area contributed by atoms with Crippen molar-refractivity contribution in [2.75, 3.05) is 32.8 Å². The number of carbonyl (C=O) groups is 2. The van der Waals surface area contributed by atoms with E-state index < -0.39 is 23.6 Å². The molecule has 0 aromatic carbocycles. The topological polar surface area (TPSA) is 135 Å². The summed E-state index contributed by atoms with van der Waals surface area (Å²) in [5.41, 5.74) is 6.11. The number of nitrogens with zero attached hydrogens (tertiary/aromatic N) is 7. The molecule has 0 unspecified atom stereocenters. The van der Waals surface area contributed by atoms with Gasteiger partial charge in [-0.05, 0) is 44.2 Å². The number of rotatable bonds is 8. The zero-order chi connectivity index (χ0) is 28.9. The van der Waals surface area contributed by atoms with Crippen LogP contribution in [0.3, 0.4) is 0 Å². The van der Waals surface area contributed by atoms with E-state index in [1.165, 1.54) is 0 Å². The van der Waals surface area contributed by atoms with Gasteiger partial charge in [-0.3, -0.25) is 23.9 Å². The van der Waals surface area contributed by atoms with E-state index in [2.05, 4.69) is 20.1 Å². The monoisotopic (exact) mass is 568 g/mol. The first-order valence-corrected chi connectivity index (χ1v) is 14.0. The predicted octanol–water partition coefficient (Wildman–Crippen LogP) is 2.58. The van der Waals surface area contributed by atoms with Gasteiger partial charge in [0.15, 0.2) is 0 Å². The lowest BCUT2D eigenvalue weighted by Gasteiger charge is -2.47. The van der Waals surface area contributed by atoms with Crippen LogP contribution < -0.4 is 5.73 Å². The minimum atomic E-state index is -2.85. The highest BCUT2D eigenvalue weighted by atomic mass is 19.3. The molecule has 0 atom stereocenters. The van der Waals surface area contributed by atoms with Crippen molar-refractivity contribution in [3.63, 3.8) is 0 Å². The molecule has 5 heterocycles. The number of pyridine rings is 1. The lowest BCUT2D eigenvalue weighted by atomic mass is 9.77. The van der Waals surface area contributed by atoms with Gasteiger partial charge in [0.25, 0.3) is 12.3 Å². The highest BCUT2D eigenvalue weighted by Gasteiger charge is 2.39. The van der Waals surface area contributed by atoms with E-state index in [1.54, 1.807) is 47.0 Å². The fourth-order valence-corrected chi connectivity index (χ4v) is 6.24. The summed E-state index contributed by atoms with van der Waals surface area (Å²) in [7, 11) is 0. The number of aromatic nitrogens is 5. The molecule has 6 rings (SSSR count). The standard InChI is InChI=1S/C28H34F2N8O3/c1-17(40)35-9-5-19(6-10-35)36-13-20(14-36)37-15-22(24(34-37)26(29)30)21-3-4-23(33-25(21)27(31)41)18-11-32-38(12-18)28(16-39)7-2-8-28/h3-4,11-12,15,19-20,26,39H,2,5-10,13-14,16H2,1H3,(H2,31,41). The van der Waals surface area contributed by atoms with Gasteiger partial charge in [0.2, 0.25) is 5.91 Å². The van der Waals surface area contributed by atoms with Crippen molar-refractivity contribution in [3.8, 4) is 22.4 Å². The van der Waals surface area contributed by atoms with Gasteiger partial charge in [-0.2, -0.15) is 10.2 Å². The summed E-state index contributed by atoms with van der Waals surface area (Å²) in [6.07, 6.45) is 6.52.